The molecule has 0 aliphatic carbocycles. The molecule has 0 aromatic carbocycles. The lowest BCUT2D eigenvalue weighted by atomic mass is 12.0. The maximum Gasteiger partial charge on any atom is 0.466 e. The molecular weight excluding hydrogens is 436 g/mol. The molecule has 0 aromatic heterocycles. The van der Waals surface area contributed by atoms with Gasteiger partial charge < -0.3 is 44.0 Å². The summed E-state index contributed by atoms with van der Waals surface area (Å²) in [6.07, 6.45) is 0. The topological polar surface area (TPSA) is 233 Å². The predicted octanol–water partition coefficient (Wildman–Crippen LogP) is -0.896. The summed E-state index contributed by atoms with van der Waals surface area (Å²) < 4.78 is 26.6. The molecule has 0 amide bonds. The van der Waals surface area contributed by atoms with Crippen LogP contribution in [0.15, 0.2) is 0 Å². The van der Waals surface area contributed by atoms with E-state index in [1.807, 2.05) is 0 Å². The van der Waals surface area contributed by atoms with Crippen molar-refractivity contribution in [2.75, 3.05) is 0 Å². The molecule has 12 nitrogen and oxygen atoms in total. The fourth-order valence-corrected chi connectivity index (χ4v) is 0. The maximum atomic E-state index is 8.88. The van der Waals surface area contributed by atoms with Gasteiger partial charge in [0.15, 0.2) is 0 Å². The van der Waals surface area contributed by atoms with E-state index in [0.29, 0.717) is 0 Å². The van der Waals surface area contributed by atoms with Crippen molar-refractivity contribution < 1.29 is 57.7 Å². The molecule has 0 radical (unpaired) electrons. The smallest absolute Gasteiger partial charge is 0.303 e. The van der Waals surface area contributed by atoms with Gasteiger partial charge >= 0.3 is 23.5 Å². The molecule has 0 atom stereocenters. The van der Waals surface area contributed by atoms with E-state index in [9.17, 15) is 0 Å². The van der Waals surface area contributed by atoms with Gasteiger partial charge in [-0.15, -0.1) is 24.0 Å². The van der Waals surface area contributed by atoms with Crippen molar-refractivity contribution >= 4 is 47.4 Å². The van der Waals surface area contributed by atoms with Crippen LogP contribution in [0.2, 0.25) is 0 Å². The molecular formula is C2H18IO12P3. The Hall–Kier alpha value is 1.06. The lowest BCUT2D eigenvalue weighted by Crippen LogP contribution is -1.66. The Labute approximate surface area is 120 Å². The molecule has 0 unspecified atom stereocenters. The summed E-state index contributed by atoms with van der Waals surface area (Å²) in [6.45, 7) is 0. The Kier molecular flexibility index (Phi) is 29.3. The van der Waals surface area contributed by atoms with Crippen LogP contribution in [0, 0.1) is 0 Å². The molecule has 9 N–H and O–H groups in total. The van der Waals surface area contributed by atoms with Crippen molar-refractivity contribution in [2.45, 2.75) is 14.9 Å². The number of rotatable bonds is 0. The third-order valence-electron chi connectivity index (χ3n) is 0. The van der Waals surface area contributed by atoms with Gasteiger partial charge in [-0.05, 0) is 0 Å². The predicted molar refractivity (Wildman–Crippen MR) is 71.7 cm³/mol. The fraction of sp³-hybridized carbons (Fsp3) is 1.00. The van der Waals surface area contributed by atoms with Gasteiger partial charge in [-0.2, -0.15) is 0 Å². The standard InChI is InChI=1S/2CH4.HI.3H3O4P/c;;;3*1-5(2,3)4/h2*1H4;1H;3*(H3,1,2,3,4). The van der Waals surface area contributed by atoms with Crippen LogP contribution in [0.5, 0.6) is 0 Å². The van der Waals surface area contributed by atoms with Gasteiger partial charge in [0.2, 0.25) is 0 Å². The summed E-state index contributed by atoms with van der Waals surface area (Å²) in [5.74, 6) is 0. The molecule has 0 aliphatic rings. The van der Waals surface area contributed by atoms with Crippen molar-refractivity contribution in [1.82, 2.24) is 0 Å². The molecule has 18 heavy (non-hydrogen) atoms. The van der Waals surface area contributed by atoms with Crippen LogP contribution in [-0.4, -0.2) is 44.0 Å². The lowest BCUT2D eigenvalue weighted by molar-refractivity contribution is 0.272. The van der Waals surface area contributed by atoms with Crippen LogP contribution in [0.25, 0.3) is 0 Å². The molecule has 0 saturated carbocycles. The van der Waals surface area contributed by atoms with Crippen LogP contribution < -0.4 is 0 Å². The second kappa shape index (κ2) is 14.5. The Bertz CT molecular complexity index is 211. The summed E-state index contributed by atoms with van der Waals surface area (Å²) >= 11 is 0. The van der Waals surface area contributed by atoms with E-state index >= 15 is 0 Å². The van der Waals surface area contributed by atoms with Gasteiger partial charge in [-0.1, -0.05) is 14.9 Å². The van der Waals surface area contributed by atoms with E-state index in [1.165, 1.54) is 0 Å². The molecule has 0 heterocycles. The first-order chi connectivity index (χ1) is 6.00. The summed E-state index contributed by atoms with van der Waals surface area (Å²) in [6, 6.07) is 0. The monoisotopic (exact) mass is 454 g/mol. The molecule has 0 aliphatic heterocycles. The summed E-state index contributed by atoms with van der Waals surface area (Å²) in [5.41, 5.74) is 0. The van der Waals surface area contributed by atoms with E-state index in [1.54, 1.807) is 0 Å². The first-order valence-electron chi connectivity index (χ1n) is 2.35. The van der Waals surface area contributed by atoms with Crippen molar-refractivity contribution in [2.24, 2.45) is 0 Å². The zero-order valence-corrected chi connectivity index (χ0v) is 12.0. The minimum atomic E-state index is -4.64. The number of hydrogen-bond donors (Lipinski definition) is 9. The van der Waals surface area contributed by atoms with Crippen molar-refractivity contribution in [3.05, 3.63) is 0 Å². The molecule has 0 spiro atoms. The van der Waals surface area contributed by atoms with Crippen molar-refractivity contribution in [3.8, 4) is 0 Å². The highest BCUT2D eigenvalue weighted by Crippen LogP contribution is 2.26. The first kappa shape index (κ1) is 36.4. The second-order valence-corrected chi connectivity index (χ2v) is 4.62. The van der Waals surface area contributed by atoms with Crippen LogP contribution >= 0.6 is 47.4 Å². The lowest BCUT2D eigenvalue weighted by Gasteiger charge is -1.82. The second-order valence-electron chi connectivity index (χ2n) is 1.54. The number of hydrogen-bond acceptors (Lipinski definition) is 3. The van der Waals surface area contributed by atoms with Crippen LogP contribution in [0.1, 0.15) is 14.9 Å². The van der Waals surface area contributed by atoms with Gasteiger partial charge in [0.25, 0.3) is 0 Å². The van der Waals surface area contributed by atoms with Crippen molar-refractivity contribution in [3.63, 3.8) is 0 Å². The van der Waals surface area contributed by atoms with Gasteiger partial charge in [0, 0.05) is 0 Å². The minimum absolute atomic E-state index is 0. The van der Waals surface area contributed by atoms with Gasteiger partial charge in [-0.3, -0.25) is 0 Å². The van der Waals surface area contributed by atoms with E-state index in [2.05, 4.69) is 0 Å². The van der Waals surface area contributed by atoms with Crippen LogP contribution in [0.4, 0.5) is 0 Å². The van der Waals surface area contributed by atoms with Gasteiger partial charge in [0.1, 0.15) is 0 Å². The van der Waals surface area contributed by atoms with E-state index in [-0.39, 0.29) is 38.8 Å². The zero-order valence-electron chi connectivity index (χ0n) is 7.00. The van der Waals surface area contributed by atoms with E-state index < -0.39 is 23.5 Å². The van der Waals surface area contributed by atoms with Crippen LogP contribution in [0.3, 0.4) is 0 Å². The minimum Gasteiger partial charge on any atom is -0.303 e. The summed E-state index contributed by atoms with van der Waals surface area (Å²) in [4.78, 5) is 64.7. The quantitative estimate of drug-likeness (QED) is 0.160. The van der Waals surface area contributed by atoms with E-state index in [4.69, 9.17) is 57.7 Å². The Morgan fingerprint density at radius 2 is 0.444 bits per heavy atom. The average molecular weight is 454 g/mol. The van der Waals surface area contributed by atoms with Gasteiger partial charge in [0.05, 0.1) is 0 Å². The van der Waals surface area contributed by atoms with Crippen molar-refractivity contribution in [1.29, 1.82) is 0 Å². The maximum absolute atomic E-state index is 8.88. The molecule has 0 bridgehead atoms. The largest absolute Gasteiger partial charge is 0.466 e. The molecule has 0 saturated heterocycles. The molecule has 0 rings (SSSR count). The molecule has 16 heteroatoms. The highest BCUT2D eigenvalue weighted by molar-refractivity contribution is 14.0. The summed E-state index contributed by atoms with van der Waals surface area (Å²) in [7, 11) is -13.9. The Balaban J connectivity index is -0.0000000277. The average Bonchev–Trinajstić information content (AvgIpc) is 1.41. The number of phosphoric acid groups is 3. The zero-order chi connectivity index (χ0) is 13.5. The highest BCUT2D eigenvalue weighted by atomic mass is 127. The third-order valence-corrected chi connectivity index (χ3v) is 0. The number of halogens is 1. The molecule has 0 fully saturated rings. The van der Waals surface area contributed by atoms with Gasteiger partial charge in [-0.25, -0.2) is 13.7 Å². The Morgan fingerprint density at radius 1 is 0.444 bits per heavy atom. The Morgan fingerprint density at radius 3 is 0.444 bits per heavy atom. The molecule has 120 valence electrons. The first-order valence-corrected chi connectivity index (χ1v) is 7.04. The summed E-state index contributed by atoms with van der Waals surface area (Å²) in [5, 5.41) is 0. The van der Waals surface area contributed by atoms with E-state index in [0.717, 1.165) is 0 Å². The van der Waals surface area contributed by atoms with Crippen LogP contribution in [-0.2, 0) is 13.7 Å². The fourth-order valence-electron chi connectivity index (χ4n) is 0. The SMILES string of the molecule is C.C.I.O=P(O)(O)O.O=P(O)(O)O.O=P(O)(O)O. The molecule has 0 aromatic rings. The third kappa shape index (κ3) is 3920. The highest BCUT2D eigenvalue weighted by Gasteiger charge is 2.01. The normalized spacial score (nSPS) is 9.83.